The molecule has 2 rings (SSSR count). The largest absolute Gasteiger partial charge is 0.492 e. The summed E-state index contributed by atoms with van der Waals surface area (Å²) in [6, 6.07) is 7.61. The van der Waals surface area contributed by atoms with Gasteiger partial charge in [-0.15, -0.1) is 0 Å². The van der Waals surface area contributed by atoms with E-state index in [9.17, 15) is 4.79 Å². The first-order chi connectivity index (χ1) is 8.56. The monoisotopic (exact) mass is 307 g/mol. The summed E-state index contributed by atoms with van der Waals surface area (Å²) in [5.41, 5.74) is 0.604. The first-order valence-corrected chi connectivity index (χ1v) is 6.66. The summed E-state index contributed by atoms with van der Waals surface area (Å²) in [5, 5.41) is 8.75. The second-order valence-electron chi connectivity index (χ2n) is 4.82. The molecule has 0 spiro atoms. The van der Waals surface area contributed by atoms with Crippen LogP contribution in [0.2, 0.25) is 0 Å². The third kappa shape index (κ3) is 2.91. The predicted octanol–water partition coefficient (Wildman–Crippen LogP) is 3.72. The number of Topliss-reactive ketones (excluding diaryl/α,β-unsaturated/α-hetero) is 1. The standard InChI is InChI=1S/C14H14BrNO2/c1-10(17)12-8-11(15)2-3-13(12)18-9-14(4-5-14)6-7-16/h2-3,8H,4-6,9H2,1H3. The smallest absolute Gasteiger partial charge is 0.163 e. The van der Waals surface area contributed by atoms with Gasteiger partial charge < -0.3 is 4.74 Å². The van der Waals surface area contributed by atoms with Crippen molar-refractivity contribution >= 4 is 21.7 Å². The van der Waals surface area contributed by atoms with Gasteiger partial charge in [-0.25, -0.2) is 0 Å². The molecule has 0 N–H and O–H groups in total. The van der Waals surface area contributed by atoms with Gasteiger partial charge in [0.2, 0.25) is 0 Å². The summed E-state index contributed by atoms with van der Waals surface area (Å²) >= 11 is 3.34. The van der Waals surface area contributed by atoms with Crippen LogP contribution in [-0.4, -0.2) is 12.4 Å². The zero-order valence-corrected chi connectivity index (χ0v) is 11.8. The number of nitrogens with zero attached hydrogens (tertiary/aromatic N) is 1. The Hall–Kier alpha value is -1.34. The predicted molar refractivity (Wildman–Crippen MR) is 71.5 cm³/mol. The quantitative estimate of drug-likeness (QED) is 0.779. The van der Waals surface area contributed by atoms with E-state index < -0.39 is 0 Å². The van der Waals surface area contributed by atoms with Crippen molar-refractivity contribution in [2.24, 2.45) is 5.41 Å². The summed E-state index contributed by atoms with van der Waals surface area (Å²) in [7, 11) is 0. The molecule has 1 aliphatic carbocycles. The SMILES string of the molecule is CC(=O)c1cc(Br)ccc1OCC1(CC#N)CC1. The molecule has 1 aromatic rings. The van der Waals surface area contributed by atoms with E-state index in [1.54, 1.807) is 12.1 Å². The molecule has 0 aliphatic heterocycles. The second kappa shape index (κ2) is 5.11. The van der Waals surface area contributed by atoms with Crippen LogP contribution in [0.5, 0.6) is 5.75 Å². The topological polar surface area (TPSA) is 50.1 Å². The van der Waals surface area contributed by atoms with Gasteiger partial charge in [-0.3, -0.25) is 4.79 Å². The van der Waals surface area contributed by atoms with Gasteiger partial charge in [0.15, 0.2) is 5.78 Å². The molecule has 0 heterocycles. The highest BCUT2D eigenvalue weighted by Crippen LogP contribution is 2.48. The van der Waals surface area contributed by atoms with Gasteiger partial charge in [0, 0.05) is 16.3 Å². The molecule has 0 aromatic heterocycles. The maximum absolute atomic E-state index is 11.5. The molecule has 0 atom stereocenters. The fourth-order valence-electron chi connectivity index (χ4n) is 1.85. The lowest BCUT2D eigenvalue weighted by Crippen LogP contribution is -2.13. The van der Waals surface area contributed by atoms with E-state index in [1.807, 2.05) is 6.07 Å². The number of halogens is 1. The van der Waals surface area contributed by atoms with Crippen molar-refractivity contribution < 1.29 is 9.53 Å². The Morgan fingerprint density at radius 1 is 1.56 bits per heavy atom. The Morgan fingerprint density at radius 3 is 2.83 bits per heavy atom. The van der Waals surface area contributed by atoms with Crippen LogP contribution in [-0.2, 0) is 0 Å². The van der Waals surface area contributed by atoms with Crippen molar-refractivity contribution in [1.82, 2.24) is 0 Å². The number of benzene rings is 1. The minimum Gasteiger partial charge on any atom is -0.492 e. The van der Waals surface area contributed by atoms with E-state index in [0.29, 0.717) is 24.3 Å². The van der Waals surface area contributed by atoms with E-state index in [-0.39, 0.29) is 11.2 Å². The number of nitriles is 1. The summed E-state index contributed by atoms with van der Waals surface area (Å²) in [5.74, 6) is 0.589. The summed E-state index contributed by atoms with van der Waals surface area (Å²) in [6.07, 6.45) is 2.60. The lowest BCUT2D eigenvalue weighted by molar-refractivity contribution is 0.101. The Labute approximate surface area is 115 Å². The van der Waals surface area contributed by atoms with Gasteiger partial charge >= 0.3 is 0 Å². The molecular formula is C14H14BrNO2. The number of rotatable bonds is 5. The number of ketones is 1. The summed E-state index contributed by atoms with van der Waals surface area (Å²) in [6.45, 7) is 2.04. The van der Waals surface area contributed by atoms with Crippen molar-refractivity contribution in [3.8, 4) is 11.8 Å². The lowest BCUT2D eigenvalue weighted by Gasteiger charge is -2.15. The summed E-state index contributed by atoms with van der Waals surface area (Å²) < 4.78 is 6.60. The van der Waals surface area contributed by atoms with Crippen LogP contribution >= 0.6 is 15.9 Å². The Bertz CT molecular complexity index is 515. The van der Waals surface area contributed by atoms with Gasteiger partial charge in [-0.05, 0) is 38.0 Å². The van der Waals surface area contributed by atoms with Gasteiger partial charge in [0.25, 0.3) is 0 Å². The molecule has 3 nitrogen and oxygen atoms in total. The van der Waals surface area contributed by atoms with Crippen LogP contribution < -0.4 is 4.74 Å². The first-order valence-electron chi connectivity index (χ1n) is 5.87. The molecule has 1 aliphatic rings. The van der Waals surface area contributed by atoms with Crippen LogP contribution in [0.3, 0.4) is 0 Å². The summed E-state index contributed by atoms with van der Waals surface area (Å²) in [4.78, 5) is 11.5. The number of hydrogen-bond acceptors (Lipinski definition) is 3. The number of carbonyl (C=O) groups excluding carboxylic acids is 1. The Kier molecular flexibility index (Phi) is 3.72. The van der Waals surface area contributed by atoms with E-state index >= 15 is 0 Å². The van der Waals surface area contributed by atoms with Crippen molar-refractivity contribution in [2.75, 3.05) is 6.61 Å². The van der Waals surface area contributed by atoms with E-state index in [2.05, 4.69) is 22.0 Å². The average molecular weight is 308 g/mol. The Balaban J connectivity index is 2.10. The average Bonchev–Trinajstić information content (AvgIpc) is 3.08. The molecule has 1 fully saturated rings. The van der Waals surface area contributed by atoms with Crippen molar-refractivity contribution in [3.05, 3.63) is 28.2 Å². The van der Waals surface area contributed by atoms with Crippen LogP contribution in [0, 0.1) is 16.7 Å². The number of carbonyl (C=O) groups is 1. The maximum atomic E-state index is 11.5. The van der Waals surface area contributed by atoms with Crippen LogP contribution in [0.4, 0.5) is 0 Å². The van der Waals surface area contributed by atoms with Gasteiger partial charge in [0.05, 0.1) is 18.2 Å². The fourth-order valence-corrected chi connectivity index (χ4v) is 2.21. The van der Waals surface area contributed by atoms with Crippen LogP contribution in [0.15, 0.2) is 22.7 Å². The molecule has 4 heteroatoms. The van der Waals surface area contributed by atoms with Crippen LogP contribution in [0.1, 0.15) is 36.5 Å². The van der Waals surface area contributed by atoms with Crippen LogP contribution in [0.25, 0.3) is 0 Å². The third-order valence-corrected chi connectivity index (χ3v) is 3.76. The molecule has 0 bridgehead atoms. The van der Waals surface area contributed by atoms with Crippen molar-refractivity contribution in [1.29, 1.82) is 5.26 Å². The van der Waals surface area contributed by atoms with E-state index in [0.717, 1.165) is 17.3 Å². The maximum Gasteiger partial charge on any atom is 0.163 e. The first kappa shape index (κ1) is 13.1. The molecule has 18 heavy (non-hydrogen) atoms. The molecule has 0 radical (unpaired) electrons. The molecule has 0 saturated heterocycles. The highest BCUT2D eigenvalue weighted by Gasteiger charge is 2.43. The zero-order chi connectivity index (χ0) is 13.2. The normalized spacial score (nSPS) is 15.8. The van der Waals surface area contributed by atoms with Crippen molar-refractivity contribution in [2.45, 2.75) is 26.2 Å². The minimum absolute atomic E-state index is 0.0172. The van der Waals surface area contributed by atoms with Gasteiger partial charge in [0.1, 0.15) is 5.75 Å². The molecule has 1 aromatic carbocycles. The van der Waals surface area contributed by atoms with E-state index in [4.69, 9.17) is 10.00 Å². The number of ether oxygens (including phenoxy) is 1. The molecule has 1 saturated carbocycles. The van der Waals surface area contributed by atoms with Crippen molar-refractivity contribution in [3.63, 3.8) is 0 Å². The minimum atomic E-state index is -0.0172. The highest BCUT2D eigenvalue weighted by molar-refractivity contribution is 9.10. The third-order valence-electron chi connectivity index (χ3n) is 3.27. The Morgan fingerprint density at radius 2 is 2.28 bits per heavy atom. The fraction of sp³-hybridized carbons (Fsp3) is 0.429. The van der Waals surface area contributed by atoms with Gasteiger partial charge in [-0.2, -0.15) is 5.26 Å². The molecule has 94 valence electrons. The second-order valence-corrected chi connectivity index (χ2v) is 5.74. The highest BCUT2D eigenvalue weighted by atomic mass is 79.9. The molecular weight excluding hydrogens is 294 g/mol. The number of hydrogen-bond donors (Lipinski definition) is 0. The van der Waals surface area contributed by atoms with Gasteiger partial charge in [-0.1, -0.05) is 15.9 Å². The zero-order valence-electron chi connectivity index (χ0n) is 10.2. The molecule has 0 unspecified atom stereocenters. The molecule has 0 amide bonds. The lowest BCUT2D eigenvalue weighted by atomic mass is 10.1. The van der Waals surface area contributed by atoms with E-state index in [1.165, 1.54) is 6.92 Å².